The fourth-order valence-corrected chi connectivity index (χ4v) is 2.52. The van der Waals surface area contributed by atoms with Gasteiger partial charge in [0.05, 0.1) is 30.6 Å². The van der Waals surface area contributed by atoms with Crippen LogP contribution in [0.1, 0.15) is 16.9 Å². The number of nitro benzene ring substituents is 1. The summed E-state index contributed by atoms with van der Waals surface area (Å²) in [6.45, 7) is 0.677. The van der Waals surface area contributed by atoms with Crippen LogP contribution in [-0.2, 0) is 4.79 Å². The molecule has 138 valence electrons. The highest BCUT2D eigenvalue weighted by atomic mass is 16.6. The summed E-state index contributed by atoms with van der Waals surface area (Å²) in [6.07, 6.45) is 2.45. The van der Waals surface area contributed by atoms with Crippen molar-refractivity contribution in [1.82, 2.24) is 15.6 Å². The van der Waals surface area contributed by atoms with Crippen LogP contribution >= 0.6 is 0 Å². The molecule has 0 unspecified atom stereocenters. The lowest BCUT2D eigenvalue weighted by molar-refractivity contribution is -0.383. The first-order chi connectivity index (χ1) is 12.5. The van der Waals surface area contributed by atoms with Crippen LogP contribution in [0.25, 0.3) is 10.8 Å². The molecule has 0 aliphatic carbocycles. The van der Waals surface area contributed by atoms with Crippen LogP contribution in [-0.4, -0.2) is 49.5 Å². The lowest BCUT2D eigenvalue weighted by Gasteiger charge is -2.13. The number of amides is 2. The van der Waals surface area contributed by atoms with Gasteiger partial charge in [-0.3, -0.25) is 24.7 Å². The number of carbonyl (C=O) groups excluding carboxylic acids is 2. The molecule has 0 fully saturated rings. The van der Waals surface area contributed by atoms with E-state index in [2.05, 4.69) is 15.6 Å². The molecule has 10 heteroatoms. The van der Waals surface area contributed by atoms with Crippen LogP contribution in [0.2, 0.25) is 0 Å². The largest absolute Gasteiger partial charge is 0.493 e. The van der Waals surface area contributed by atoms with E-state index in [1.807, 2.05) is 0 Å². The molecule has 0 aliphatic rings. The number of carbonyl (C=O) groups is 2. The maximum Gasteiger partial charge on any atom is 0.283 e. The first-order valence-corrected chi connectivity index (χ1v) is 7.68. The molecule has 0 atom stereocenters. The number of ether oxygens (including phenoxy) is 2. The van der Waals surface area contributed by atoms with Crippen LogP contribution in [0.15, 0.2) is 18.3 Å². The molecule has 0 aliphatic heterocycles. The Labute approximate surface area is 148 Å². The van der Waals surface area contributed by atoms with Crippen molar-refractivity contribution in [2.24, 2.45) is 0 Å². The van der Waals surface area contributed by atoms with E-state index in [0.717, 1.165) is 0 Å². The molecule has 26 heavy (non-hydrogen) atoms. The van der Waals surface area contributed by atoms with Crippen molar-refractivity contribution >= 4 is 28.8 Å². The summed E-state index contributed by atoms with van der Waals surface area (Å²) < 4.78 is 10.4. The van der Waals surface area contributed by atoms with Crippen LogP contribution in [0, 0.1) is 10.1 Å². The first-order valence-electron chi connectivity index (χ1n) is 7.68. The second-order valence-electron chi connectivity index (χ2n) is 5.15. The molecule has 1 heterocycles. The third-order valence-electron chi connectivity index (χ3n) is 3.65. The molecule has 0 saturated carbocycles. The molecule has 2 rings (SSSR count). The summed E-state index contributed by atoms with van der Waals surface area (Å²) in [6, 6.07) is 2.72. The van der Waals surface area contributed by atoms with Crippen molar-refractivity contribution < 1.29 is 24.0 Å². The van der Waals surface area contributed by atoms with Gasteiger partial charge in [-0.05, 0) is 12.5 Å². The van der Waals surface area contributed by atoms with Crippen LogP contribution in [0.5, 0.6) is 11.5 Å². The first kappa shape index (κ1) is 18.9. The number of fused-ring (bicyclic) bond motifs is 1. The highest BCUT2D eigenvalue weighted by Gasteiger charge is 2.26. The van der Waals surface area contributed by atoms with Crippen molar-refractivity contribution in [3.8, 4) is 11.5 Å². The second kappa shape index (κ2) is 8.60. The topological polar surface area (TPSA) is 133 Å². The number of methoxy groups -OCH3 is 2. The SMILES string of the molecule is COc1cc([N+](=O)[O-])c2c(C(=O)NCCCNC=O)nccc2c1OC. The van der Waals surface area contributed by atoms with Gasteiger partial charge in [-0.1, -0.05) is 0 Å². The third-order valence-corrected chi connectivity index (χ3v) is 3.65. The third kappa shape index (κ3) is 3.79. The molecule has 0 radical (unpaired) electrons. The Kier molecular flexibility index (Phi) is 6.25. The van der Waals surface area contributed by atoms with Gasteiger partial charge in [-0.15, -0.1) is 0 Å². The van der Waals surface area contributed by atoms with Gasteiger partial charge < -0.3 is 20.1 Å². The predicted octanol–water partition coefficient (Wildman–Crippen LogP) is 1.03. The zero-order valence-electron chi connectivity index (χ0n) is 14.3. The van der Waals surface area contributed by atoms with E-state index in [4.69, 9.17) is 9.47 Å². The lowest BCUT2D eigenvalue weighted by Crippen LogP contribution is -2.28. The molecule has 0 saturated heterocycles. The van der Waals surface area contributed by atoms with Gasteiger partial charge in [0.15, 0.2) is 11.5 Å². The van der Waals surface area contributed by atoms with Gasteiger partial charge in [-0.25, -0.2) is 0 Å². The van der Waals surface area contributed by atoms with Gasteiger partial charge in [0.2, 0.25) is 6.41 Å². The van der Waals surface area contributed by atoms with Gasteiger partial charge in [0.25, 0.3) is 11.6 Å². The highest BCUT2D eigenvalue weighted by Crippen LogP contribution is 2.41. The molecular formula is C16H18N4O6. The number of nitrogens with zero attached hydrogens (tertiary/aromatic N) is 2. The number of nitrogens with one attached hydrogen (secondary N) is 2. The summed E-state index contributed by atoms with van der Waals surface area (Å²) in [5.74, 6) is -0.0963. The van der Waals surface area contributed by atoms with E-state index in [0.29, 0.717) is 24.8 Å². The maximum atomic E-state index is 12.5. The average molecular weight is 362 g/mol. The predicted molar refractivity (Wildman–Crippen MR) is 92.5 cm³/mol. The van der Waals surface area contributed by atoms with E-state index in [-0.39, 0.29) is 34.8 Å². The Morgan fingerprint density at radius 2 is 2.12 bits per heavy atom. The zero-order chi connectivity index (χ0) is 19.1. The Balaban J connectivity index is 2.48. The molecule has 2 amide bonds. The number of benzene rings is 1. The Morgan fingerprint density at radius 3 is 2.73 bits per heavy atom. The molecule has 1 aromatic heterocycles. The monoisotopic (exact) mass is 362 g/mol. The number of non-ortho nitro benzene ring substituents is 1. The normalized spacial score (nSPS) is 10.2. The summed E-state index contributed by atoms with van der Waals surface area (Å²) in [4.78, 5) is 37.6. The minimum atomic E-state index is -0.600. The van der Waals surface area contributed by atoms with Crippen LogP contribution < -0.4 is 20.1 Å². The maximum absolute atomic E-state index is 12.5. The zero-order valence-corrected chi connectivity index (χ0v) is 14.3. The van der Waals surface area contributed by atoms with E-state index in [1.54, 1.807) is 0 Å². The number of pyridine rings is 1. The lowest BCUT2D eigenvalue weighted by atomic mass is 10.1. The van der Waals surface area contributed by atoms with E-state index >= 15 is 0 Å². The average Bonchev–Trinajstić information content (AvgIpc) is 2.65. The van der Waals surface area contributed by atoms with Crippen molar-refractivity contribution in [2.45, 2.75) is 6.42 Å². The number of hydrogen-bond acceptors (Lipinski definition) is 7. The number of nitro groups is 1. The fraction of sp³-hybridized carbons (Fsp3) is 0.312. The minimum Gasteiger partial charge on any atom is -0.493 e. The molecule has 0 bridgehead atoms. The number of hydrogen-bond donors (Lipinski definition) is 2. The molecule has 10 nitrogen and oxygen atoms in total. The van der Waals surface area contributed by atoms with Gasteiger partial charge >= 0.3 is 0 Å². The number of rotatable bonds is 9. The molecule has 2 aromatic rings. The minimum absolute atomic E-state index is 0.0682. The Morgan fingerprint density at radius 1 is 1.35 bits per heavy atom. The quantitative estimate of drug-likeness (QED) is 0.294. The summed E-state index contributed by atoms with van der Waals surface area (Å²) in [7, 11) is 2.78. The smallest absolute Gasteiger partial charge is 0.283 e. The number of aromatic nitrogens is 1. The van der Waals surface area contributed by atoms with Crippen molar-refractivity contribution in [1.29, 1.82) is 0 Å². The van der Waals surface area contributed by atoms with Crippen molar-refractivity contribution in [2.75, 3.05) is 27.3 Å². The van der Waals surface area contributed by atoms with E-state index in [9.17, 15) is 19.7 Å². The van der Waals surface area contributed by atoms with Gasteiger partial charge in [0, 0.05) is 24.7 Å². The standard InChI is InChI=1S/C16H18N4O6/c1-25-12-8-11(20(23)24)13-10(15(12)26-2)4-7-18-14(13)16(22)19-6-3-5-17-9-21/h4,7-9H,3,5-6H2,1-2H3,(H,17,21)(H,19,22). The van der Waals surface area contributed by atoms with E-state index < -0.39 is 10.8 Å². The van der Waals surface area contributed by atoms with Crippen LogP contribution in [0.4, 0.5) is 5.69 Å². The highest BCUT2D eigenvalue weighted by molar-refractivity contribution is 6.11. The molecular weight excluding hydrogens is 344 g/mol. The summed E-state index contributed by atoms with van der Waals surface area (Å²) in [5.41, 5.74) is -0.392. The summed E-state index contributed by atoms with van der Waals surface area (Å²) in [5, 5.41) is 17.0. The molecule has 0 spiro atoms. The fourth-order valence-electron chi connectivity index (χ4n) is 2.52. The van der Waals surface area contributed by atoms with Crippen molar-refractivity contribution in [3.05, 3.63) is 34.1 Å². The Hall–Kier alpha value is -3.43. The van der Waals surface area contributed by atoms with Crippen molar-refractivity contribution in [3.63, 3.8) is 0 Å². The summed E-state index contributed by atoms with van der Waals surface area (Å²) >= 11 is 0. The van der Waals surface area contributed by atoms with Gasteiger partial charge in [0.1, 0.15) is 5.69 Å². The second-order valence-corrected chi connectivity index (χ2v) is 5.15. The van der Waals surface area contributed by atoms with E-state index in [1.165, 1.54) is 32.5 Å². The molecule has 2 N–H and O–H groups in total. The molecule has 1 aromatic carbocycles. The Bertz CT molecular complexity index is 839. The van der Waals surface area contributed by atoms with Gasteiger partial charge in [-0.2, -0.15) is 0 Å². The van der Waals surface area contributed by atoms with Crippen LogP contribution in [0.3, 0.4) is 0 Å².